The van der Waals surface area contributed by atoms with E-state index in [-0.39, 0.29) is 18.0 Å². The molecular weight excluding hydrogens is 278 g/mol. The first-order valence-electron chi connectivity index (χ1n) is 5.74. The van der Waals surface area contributed by atoms with Crippen molar-refractivity contribution in [2.24, 2.45) is 0 Å². The van der Waals surface area contributed by atoms with Crippen LogP contribution in [-0.4, -0.2) is 25.7 Å². The molecule has 2 heterocycles. The van der Waals surface area contributed by atoms with Crippen LogP contribution in [0.15, 0.2) is 40.8 Å². The lowest BCUT2D eigenvalue weighted by molar-refractivity contribution is -0.116. The molecule has 0 aliphatic carbocycles. The second kappa shape index (κ2) is 5.17. The molecule has 8 heteroatoms. The second-order valence-electron chi connectivity index (χ2n) is 3.96. The summed E-state index contributed by atoms with van der Waals surface area (Å²) in [4.78, 5) is 27.8. The van der Waals surface area contributed by atoms with E-state index in [0.717, 1.165) is 0 Å². The first-order chi connectivity index (χ1) is 9.74. The standard InChI is InChI=1S/C12H9N5O2S/c18-10(15-12-16-14-7-20-12)6-17-9-4-2-1-3-8(9)13-5-11(17)19/h1-5,7H,6H2,(H,15,16,18). The smallest absolute Gasteiger partial charge is 0.269 e. The van der Waals surface area contributed by atoms with Gasteiger partial charge in [-0.2, -0.15) is 0 Å². The van der Waals surface area contributed by atoms with Crippen molar-refractivity contribution in [1.82, 2.24) is 19.7 Å². The molecule has 7 nitrogen and oxygen atoms in total. The molecule has 0 radical (unpaired) electrons. The van der Waals surface area contributed by atoms with Gasteiger partial charge in [-0.3, -0.25) is 19.5 Å². The molecule has 0 atom stereocenters. The molecule has 1 aromatic carbocycles. The fraction of sp³-hybridized carbons (Fsp3) is 0.0833. The summed E-state index contributed by atoms with van der Waals surface area (Å²) >= 11 is 1.22. The van der Waals surface area contributed by atoms with Crippen LogP contribution < -0.4 is 10.9 Å². The Kier molecular flexibility index (Phi) is 3.21. The van der Waals surface area contributed by atoms with Crippen LogP contribution in [0, 0.1) is 0 Å². The Labute approximate surface area is 116 Å². The summed E-state index contributed by atoms with van der Waals surface area (Å²) in [5.74, 6) is -0.333. The van der Waals surface area contributed by atoms with Gasteiger partial charge in [0, 0.05) is 0 Å². The molecule has 0 unspecified atom stereocenters. The maximum atomic E-state index is 11.9. The van der Waals surface area contributed by atoms with E-state index in [2.05, 4.69) is 20.5 Å². The molecule has 2 aromatic heterocycles. The highest BCUT2D eigenvalue weighted by Gasteiger charge is 2.10. The molecule has 0 bridgehead atoms. The molecule has 0 spiro atoms. The number of aromatic nitrogens is 4. The van der Waals surface area contributed by atoms with Crippen LogP contribution >= 0.6 is 11.3 Å². The van der Waals surface area contributed by atoms with E-state index in [1.807, 2.05) is 6.07 Å². The number of hydrogen-bond donors (Lipinski definition) is 1. The normalized spacial score (nSPS) is 10.6. The summed E-state index contributed by atoms with van der Waals surface area (Å²) in [6, 6.07) is 7.16. The molecule has 0 aliphatic heterocycles. The van der Waals surface area contributed by atoms with Gasteiger partial charge in [-0.25, -0.2) is 4.98 Å². The van der Waals surface area contributed by atoms with E-state index in [1.165, 1.54) is 27.6 Å². The highest BCUT2D eigenvalue weighted by molar-refractivity contribution is 7.13. The number of nitrogens with zero attached hydrogens (tertiary/aromatic N) is 4. The van der Waals surface area contributed by atoms with E-state index >= 15 is 0 Å². The van der Waals surface area contributed by atoms with Gasteiger partial charge in [0.25, 0.3) is 5.56 Å². The number of benzene rings is 1. The van der Waals surface area contributed by atoms with Crippen LogP contribution in [0.1, 0.15) is 0 Å². The minimum Gasteiger partial charge on any atom is -0.299 e. The molecule has 3 rings (SSSR count). The number of carbonyl (C=O) groups is 1. The molecule has 0 fully saturated rings. The number of fused-ring (bicyclic) bond motifs is 1. The van der Waals surface area contributed by atoms with E-state index in [4.69, 9.17) is 0 Å². The van der Waals surface area contributed by atoms with Gasteiger partial charge in [-0.15, -0.1) is 10.2 Å². The Bertz CT molecular complexity index is 812. The van der Waals surface area contributed by atoms with Gasteiger partial charge < -0.3 is 0 Å². The highest BCUT2D eigenvalue weighted by Crippen LogP contribution is 2.10. The van der Waals surface area contributed by atoms with Crippen molar-refractivity contribution in [3.05, 3.63) is 46.3 Å². The number of nitrogens with one attached hydrogen (secondary N) is 1. The van der Waals surface area contributed by atoms with Gasteiger partial charge >= 0.3 is 0 Å². The van der Waals surface area contributed by atoms with Crippen molar-refractivity contribution in [1.29, 1.82) is 0 Å². The zero-order valence-corrected chi connectivity index (χ0v) is 11.0. The minimum absolute atomic E-state index is 0.0958. The third-order valence-corrected chi connectivity index (χ3v) is 3.27. The van der Waals surface area contributed by atoms with Crippen molar-refractivity contribution in [2.45, 2.75) is 6.54 Å². The van der Waals surface area contributed by atoms with Crippen LogP contribution in [0.5, 0.6) is 0 Å². The summed E-state index contributed by atoms with van der Waals surface area (Å²) in [5, 5.41) is 10.3. The van der Waals surface area contributed by atoms with Crippen LogP contribution in [0.4, 0.5) is 5.13 Å². The Hall–Kier alpha value is -2.61. The highest BCUT2D eigenvalue weighted by atomic mass is 32.1. The van der Waals surface area contributed by atoms with Gasteiger partial charge in [0.15, 0.2) is 0 Å². The Morgan fingerprint density at radius 3 is 3.00 bits per heavy atom. The SMILES string of the molecule is O=C(Cn1c(=O)cnc2ccccc21)Nc1nncs1. The average molecular weight is 287 g/mol. The van der Waals surface area contributed by atoms with Crippen LogP contribution in [0.25, 0.3) is 11.0 Å². The van der Waals surface area contributed by atoms with Gasteiger partial charge in [0.2, 0.25) is 11.0 Å². The number of carbonyl (C=O) groups excluding carboxylic acids is 1. The predicted octanol–water partition coefficient (Wildman–Crippen LogP) is 0.887. The summed E-state index contributed by atoms with van der Waals surface area (Å²) in [6.45, 7) is -0.0958. The number of rotatable bonds is 3. The van der Waals surface area contributed by atoms with E-state index in [9.17, 15) is 9.59 Å². The van der Waals surface area contributed by atoms with Gasteiger partial charge in [-0.05, 0) is 12.1 Å². The monoisotopic (exact) mass is 287 g/mol. The van der Waals surface area contributed by atoms with Crippen LogP contribution in [0.3, 0.4) is 0 Å². The third-order valence-electron chi connectivity index (χ3n) is 2.66. The van der Waals surface area contributed by atoms with E-state index in [1.54, 1.807) is 18.2 Å². The fourth-order valence-electron chi connectivity index (χ4n) is 1.81. The van der Waals surface area contributed by atoms with E-state index < -0.39 is 0 Å². The third kappa shape index (κ3) is 2.41. The Balaban J connectivity index is 1.92. The average Bonchev–Trinajstić information content (AvgIpc) is 2.95. The van der Waals surface area contributed by atoms with Crippen molar-refractivity contribution in [3.8, 4) is 0 Å². The zero-order valence-electron chi connectivity index (χ0n) is 10.2. The number of para-hydroxylation sites is 2. The number of amides is 1. The van der Waals surface area contributed by atoms with Gasteiger partial charge in [0.05, 0.1) is 17.2 Å². The summed E-state index contributed by atoms with van der Waals surface area (Å²) < 4.78 is 1.37. The maximum Gasteiger partial charge on any atom is 0.269 e. The molecule has 1 amide bonds. The first-order valence-corrected chi connectivity index (χ1v) is 6.62. The zero-order chi connectivity index (χ0) is 13.9. The Morgan fingerprint density at radius 2 is 2.20 bits per heavy atom. The van der Waals surface area contributed by atoms with Crippen LogP contribution in [0.2, 0.25) is 0 Å². The van der Waals surface area contributed by atoms with E-state index in [0.29, 0.717) is 16.2 Å². The molecule has 0 saturated heterocycles. The van der Waals surface area contributed by atoms with Gasteiger partial charge in [0.1, 0.15) is 12.1 Å². The quantitative estimate of drug-likeness (QED) is 0.772. The molecule has 1 N–H and O–H groups in total. The lowest BCUT2D eigenvalue weighted by Crippen LogP contribution is -2.27. The van der Waals surface area contributed by atoms with Gasteiger partial charge in [-0.1, -0.05) is 23.5 Å². The fourth-order valence-corrected chi connectivity index (χ4v) is 2.27. The summed E-state index contributed by atoms with van der Waals surface area (Å²) in [7, 11) is 0. The first kappa shape index (κ1) is 12.4. The summed E-state index contributed by atoms with van der Waals surface area (Å²) in [5.41, 5.74) is 2.48. The van der Waals surface area contributed by atoms with Crippen molar-refractivity contribution >= 4 is 33.4 Å². The lowest BCUT2D eigenvalue weighted by atomic mass is 10.3. The molecular formula is C12H9N5O2S. The molecule has 100 valence electrons. The predicted molar refractivity (Wildman–Crippen MR) is 74.5 cm³/mol. The summed E-state index contributed by atoms with van der Waals surface area (Å²) in [6.07, 6.45) is 1.21. The van der Waals surface area contributed by atoms with Crippen molar-refractivity contribution in [3.63, 3.8) is 0 Å². The maximum absolute atomic E-state index is 11.9. The minimum atomic E-state index is -0.333. The molecule has 20 heavy (non-hydrogen) atoms. The van der Waals surface area contributed by atoms with Crippen molar-refractivity contribution < 1.29 is 4.79 Å². The number of anilines is 1. The molecule has 0 saturated carbocycles. The Morgan fingerprint density at radius 1 is 1.35 bits per heavy atom. The second-order valence-corrected chi connectivity index (χ2v) is 4.80. The van der Waals surface area contributed by atoms with Crippen LogP contribution in [-0.2, 0) is 11.3 Å². The molecule has 0 aliphatic rings. The largest absolute Gasteiger partial charge is 0.299 e. The number of hydrogen-bond acceptors (Lipinski definition) is 6. The lowest BCUT2D eigenvalue weighted by Gasteiger charge is -2.08. The molecule has 3 aromatic rings. The topological polar surface area (TPSA) is 89.8 Å². The van der Waals surface area contributed by atoms with Crippen molar-refractivity contribution in [2.75, 3.05) is 5.32 Å².